The van der Waals surface area contributed by atoms with Gasteiger partial charge >= 0.3 is 0 Å². The van der Waals surface area contributed by atoms with Crippen molar-refractivity contribution in [3.63, 3.8) is 0 Å². The summed E-state index contributed by atoms with van der Waals surface area (Å²) < 4.78 is 6.90. The fourth-order valence-corrected chi connectivity index (χ4v) is 3.09. The molecule has 2 aromatic rings. The SMILES string of the molecule is CCOCCCNC(=O)Cn1ncc2c(N3CCCCC3)ncnc21. The molecular formula is C17H26N6O2. The van der Waals surface area contributed by atoms with E-state index in [1.54, 1.807) is 17.2 Å². The van der Waals surface area contributed by atoms with Crippen molar-refractivity contribution in [3.8, 4) is 0 Å². The minimum Gasteiger partial charge on any atom is -0.382 e. The van der Waals surface area contributed by atoms with E-state index >= 15 is 0 Å². The number of piperidine rings is 1. The molecule has 0 atom stereocenters. The summed E-state index contributed by atoms with van der Waals surface area (Å²) in [5.41, 5.74) is 0.708. The van der Waals surface area contributed by atoms with Gasteiger partial charge in [0.15, 0.2) is 5.65 Å². The van der Waals surface area contributed by atoms with Crippen molar-refractivity contribution in [2.75, 3.05) is 37.7 Å². The molecule has 0 spiro atoms. The minimum atomic E-state index is -0.0698. The van der Waals surface area contributed by atoms with Crippen molar-refractivity contribution in [2.45, 2.75) is 39.2 Å². The van der Waals surface area contributed by atoms with Gasteiger partial charge in [0, 0.05) is 32.8 Å². The standard InChI is InChI=1S/C17H26N6O2/c1-2-25-10-6-7-18-15(24)12-23-17-14(11-21-23)16(19-13-20-17)22-8-4-3-5-9-22/h11,13H,2-10,12H2,1H3,(H,18,24). The number of hydrogen-bond acceptors (Lipinski definition) is 6. The predicted molar refractivity (Wildman–Crippen MR) is 95.5 cm³/mol. The summed E-state index contributed by atoms with van der Waals surface area (Å²) in [4.78, 5) is 23.2. The number of nitrogens with zero attached hydrogens (tertiary/aromatic N) is 5. The molecule has 1 aliphatic heterocycles. The zero-order chi connectivity index (χ0) is 17.5. The normalized spacial score (nSPS) is 14.8. The predicted octanol–water partition coefficient (Wildman–Crippen LogP) is 1.36. The summed E-state index contributed by atoms with van der Waals surface area (Å²) in [5, 5.41) is 8.15. The maximum absolute atomic E-state index is 12.1. The van der Waals surface area contributed by atoms with E-state index < -0.39 is 0 Å². The zero-order valence-corrected chi connectivity index (χ0v) is 14.8. The van der Waals surface area contributed by atoms with Gasteiger partial charge in [-0.25, -0.2) is 14.6 Å². The number of ether oxygens (including phenoxy) is 1. The van der Waals surface area contributed by atoms with E-state index in [1.807, 2.05) is 6.92 Å². The van der Waals surface area contributed by atoms with Gasteiger partial charge in [0.1, 0.15) is 18.7 Å². The number of aromatic nitrogens is 4. The molecule has 1 N–H and O–H groups in total. The van der Waals surface area contributed by atoms with Crippen LogP contribution >= 0.6 is 0 Å². The Morgan fingerprint density at radius 2 is 2.12 bits per heavy atom. The van der Waals surface area contributed by atoms with Crippen LogP contribution in [-0.2, 0) is 16.1 Å². The minimum absolute atomic E-state index is 0.0698. The molecule has 1 amide bonds. The summed E-state index contributed by atoms with van der Waals surface area (Å²) in [6.07, 6.45) is 7.77. The van der Waals surface area contributed by atoms with Crippen molar-refractivity contribution in [1.82, 2.24) is 25.1 Å². The van der Waals surface area contributed by atoms with Crippen LogP contribution in [0.5, 0.6) is 0 Å². The van der Waals surface area contributed by atoms with Crippen molar-refractivity contribution in [3.05, 3.63) is 12.5 Å². The number of hydrogen-bond donors (Lipinski definition) is 1. The third-order valence-electron chi connectivity index (χ3n) is 4.35. The highest BCUT2D eigenvalue weighted by Crippen LogP contribution is 2.25. The Labute approximate surface area is 147 Å². The number of fused-ring (bicyclic) bond motifs is 1. The molecule has 0 aliphatic carbocycles. The van der Waals surface area contributed by atoms with Gasteiger partial charge in [0.25, 0.3) is 0 Å². The number of carbonyl (C=O) groups excluding carboxylic acids is 1. The number of anilines is 1. The fraction of sp³-hybridized carbons (Fsp3) is 0.647. The lowest BCUT2D eigenvalue weighted by Gasteiger charge is -2.27. The van der Waals surface area contributed by atoms with E-state index in [9.17, 15) is 4.79 Å². The smallest absolute Gasteiger partial charge is 0.241 e. The average Bonchev–Trinajstić information content (AvgIpc) is 3.05. The van der Waals surface area contributed by atoms with Crippen LogP contribution in [-0.4, -0.2) is 58.5 Å². The van der Waals surface area contributed by atoms with Gasteiger partial charge in [-0.15, -0.1) is 0 Å². The maximum atomic E-state index is 12.1. The van der Waals surface area contributed by atoms with E-state index in [2.05, 4.69) is 25.3 Å². The van der Waals surface area contributed by atoms with E-state index in [1.165, 1.54) is 19.3 Å². The van der Waals surface area contributed by atoms with Gasteiger partial charge in [-0.1, -0.05) is 0 Å². The van der Waals surface area contributed by atoms with Gasteiger partial charge in [-0.05, 0) is 32.6 Å². The molecule has 25 heavy (non-hydrogen) atoms. The summed E-state index contributed by atoms with van der Waals surface area (Å²) in [5.74, 6) is 0.854. The number of amides is 1. The molecular weight excluding hydrogens is 320 g/mol. The molecule has 2 aromatic heterocycles. The molecule has 136 valence electrons. The van der Waals surface area contributed by atoms with Crippen LogP contribution < -0.4 is 10.2 Å². The molecule has 1 aliphatic rings. The van der Waals surface area contributed by atoms with Crippen LogP contribution in [0.3, 0.4) is 0 Å². The second kappa shape index (κ2) is 8.75. The molecule has 0 bridgehead atoms. The second-order valence-electron chi connectivity index (χ2n) is 6.18. The first-order valence-electron chi connectivity index (χ1n) is 9.05. The Kier molecular flexibility index (Phi) is 6.16. The van der Waals surface area contributed by atoms with E-state index in [-0.39, 0.29) is 12.5 Å². The monoisotopic (exact) mass is 346 g/mol. The lowest BCUT2D eigenvalue weighted by Crippen LogP contribution is -2.30. The molecule has 3 rings (SSSR count). The van der Waals surface area contributed by atoms with Gasteiger partial charge in [0.2, 0.25) is 5.91 Å². The summed E-state index contributed by atoms with van der Waals surface area (Å²) in [6.45, 7) is 6.11. The molecule has 1 saturated heterocycles. The van der Waals surface area contributed by atoms with Gasteiger partial charge in [-0.3, -0.25) is 4.79 Å². The van der Waals surface area contributed by atoms with Gasteiger partial charge < -0.3 is 15.0 Å². The van der Waals surface area contributed by atoms with Crippen molar-refractivity contribution in [1.29, 1.82) is 0 Å². The lowest BCUT2D eigenvalue weighted by molar-refractivity contribution is -0.121. The highest BCUT2D eigenvalue weighted by atomic mass is 16.5. The first-order chi connectivity index (χ1) is 12.3. The molecule has 0 aromatic carbocycles. The second-order valence-corrected chi connectivity index (χ2v) is 6.18. The topological polar surface area (TPSA) is 85.2 Å². The Morgan fingerprint density at radius 3 is 2.92 bits per heavy atom. The molecule has 0 radical (unpaired) electrons. The largest absolute Gasteiger partial charge is 0.382 e. The van der Waals surface area contributed by atoms with Crippen molar-refractivity contribution >= 4 is 22.8 Å². The number of nitrogens with one attached hydrogen (secondary N) is 1. The van der Waals surface area contributed by atoms with E-state index in [0.717, 1.165) is 30.7 Å². The highest BCUT2D eigenvalue weighted by molar-refractivity contribution is 5.87. The molecule has 0 saturated carbocycles. The summed E-state index contributed by atoms with van der Waals surface area (Å²) in [7, 11) is 0. The van der Waals surface area contributed by atoms with Gasteiger partial charge in [0.05, 0.1) is 11.6 Å². The number of carbonyl (C=O) groups is 1. The highest BCUT2D eigenvalue weighted by Gasteiger charge is 2.18. The zero-order valence-electron chi connectivity index (χ0n) is 14.8. The Bertz CT molecular complexity index is 696. The van der Waals surface area contributed by atoms with E-state index in [0.29, 0.717) is 25.4 Å². The summed E-state index contributed by atoms with van der Waals surface area (Å²) >= 11 is 0. The molecule has 1 fully saturated rings. The first kappa shape index (κ1) is 17.6. The maximum Gasteiger partial charge on any atom is 0.241 e. The molecule has 8 nitrogen and oxygen atoms in total. The Balaban J connectivity index is 1.63. The summed E-state index contributed by atoms with van der Waals surface area (Å²) in [6, 6.07) is 0. The van der Waals surface area contributed by atoms with Crippen LogP contribution in [0.2, 0.25) is 0 Å². The lowest BCUT2D eigenvalue weighted by atomic mass is 10.1. The molecule has 3 heterocycles. The first-order valence-corrected chi connectivity index (χ1v) is 9.05. The third-order valence-corrected chi connectivity index (χ3v) is 4.35. The van der Waals surface area contributed by atoms with Crippen LogP contribution in [0.25, 0.3) is 11.0 Å². The van der Waals surface area contributed by atoms with Gasteiger partial charge in [-0.2, -0.15) is 5.10 Å². The molecule has 0 unspecified atom stereocenters. The van der Waals surface area contributed by atoms with E-state index in [4.69, 9.17) is 4.74 Å². The third kappa shape index (κ3) is 4.45. The van der Waals surface area contributed by atoms with Crippen LogP contribution in [0, 0.1) is 0 Å². The number of rotatable bonds is 8. The van der Waals surface area contributed by atoms with Crippen LogP contribution in [0.4, 0.5) is 5.82 Å². The van der Waals surface area contributed by atoms with Crippen molar-refractivity contribution in [2.24, 2.45) is 0 Å². The molecule has 8 heteroatoms. The Hall–Kier alpha value is -2.22. The Morgan fingerprint density at radius 1 is 1.28 bits per heavy atom. The van der Waals surface area contributed by atoms with Crippen LogP contribution in [0.1, 0.15) is 32.6 Å². The van der Waals surface area contributed by atoms with Crippen LogP contribution in [0.15, 0.2) is 12.5 Å². The quantitative estimate of drug-likeness (QED) is 0.727. The van der Waals surface area contributed by atoms with Crippen molar-refractivity contribution < 1.29 is 9.53 Å². The fourth-order valence-electron chi connectivity index (χ4n) is 3.09. The average molecular weight is 346 g/mol.